The van der Waals surface area contributed by atoms with Crippen molar-refractivity contribution in [1.29, 1.82) is 0 Å². The summed E-state index contributed by atoms with van der Waals surface area (Å²) in [6.45, 7) is 7.51. The number of likely N-dealkylation sites (tertiary alicyclic amines) is 1. The molecule has 1 spiro atoms. The number of benzene rings is 2. The van der Waals surface area contributed by atoms with Gasteiger partial charge in [0.1, 0.15) is 0 Å². The summed E-state index contributed by atoms with van der Waals surface area (Å²) >= 11 is 0. The van der Waals surface area contributed by atoms with Gasteiger partial charge >= 0.3 is 0 Å². The molecule has 34 heavy (non-hydrogen) atoms. The number of ether oxygens (including phenoxy) is 3. The Morgan fingerprint density at radius 1 is 1.00 bits per heavy atom. The highest BCUT2D eigenvalue weighted by molar-refractivity contribution is 5.94. The zero-order chi connectivity index (χ0) is 23.4. The molecule has 3 aliphatic rings. The first-order chi connectivity index (χ1) is 16.7. The molecule has 2 aromatic rings. The quantitative estimate of drug-likeness (QED) is 0.654. The van der Waals surface area contributed by atoms with E-state index in [1.165, 1.54) is 5.56 Å². The summed E-state index contributed by atoms with van der Waals surface area (Å²) in [5, 5.41) is 0. The number of amides is 1. The molecule has 0 aliphatic carbocycles. The highest BCUT2D eigenvalue weighted by Gasteiger charge is 2.45. The van der Waals surface area contributed by atoms with Crippen molar-refractivity contribution < 1.29 is 19.0 Å². The predicted octanol–water partition coefficient (Wildman–Crippen LogP) is 4.45. The van der Waals surface area contributed by atoms with Crippen molar-refractivity contribution in [2.45, 2.75) is 50.4 Å². The van der Waals surface area contributed by atoms with Crippen LogP contribution in [0.3, 0.4) is 0 Å². The fourth-order valence-corrected chi connectivity index (χ4v) is 5.63. The minimum absolute atomic E-state index is 0.0430. The van der Waals surface area contributed by atoms with Gasteiger partial charge in [-0.1, -0.05) is 30.3 Å². The van der Waals surface area contributed by atoms with Gasteiger partial charge in [0.2, 0.25) is 0 Å². The SMILES string of the molecule is CCO[C@H]1C[C@@H](c2ccccc2)OC2(CCN(C(=O)c3ccc(N4CCOCC4)cc3)CC2)C1. The van der Waals surface area contributed by atoms with Crippen LogP contribution in [0.15, 0.2) is 54.6 Å². The lowest BCUT2D eigenvalue weighted by atomic mass is 9.80. The largest absolute Gasteiger partial charge is 0.378 e. The van der Waals surface area contributed by atoms with Gasteiger partial charge in [0.15, 0.2) is 0 Å². The molecule has 6 nitrogen and oxygen atoms in total. The summed E-state index contributed by atoms with van der Waals surface area (Å²) in [6, 6.07) is 18.5. The van der Waals surface area contributed by atoms with Crippen molar-refractivity contribution in [1.82, 2.24) is 4.90 Å². The van der Waals surface area contributed by atoms with Gasteiger partial charge in [0.05, 0.1) is 31.0 Å². The standard InChI is InChI=1S/C28H36N2O4/c1-2-33-25-20-26(22-6-4-3-5-7-22)34-28(21-25)12-14-30(15-13-28)27(31)23-8-10-24(11-9-23)29-16-18-32-19-17-29/h3-11,25-26H,2,12-21H2,1H3/t25-,26-/m0/s1. The molecule has 0 radical (unpaired) electrons. The topological polar surface area (TPSA) is 51.2 Å². The lowest BCUT2D eigenvalue weighted by Gasteiger charge is -2.48. The second-order valence-corrected chi connectivity index (χ2v) is 9.66. The first kappa shape index (κ1) is 23.3. The predicted molar refractivity (Wildman–Crippen MR) is 132 cm³/mol. The van der Waals surface area contributed by atoms with Gasteiger partial charge in [0.25, 0.3) is 5.91 Å². The zero-order valence-electron chi connectivity index (χ0n) is 20.2. The van der Waals surface area contributed by atoms with E-state index in [4.69, 9.17) is 14.2 Å². The molecule has 6 heteroatoms. The highest BCUT2D eigenvalue weighted by atomic mass is 16.5. The summed E-state index contributed by atoms with van der Waals surface area (Å²) in [6.07, 6.45) is 3.72. The average Bonchev–Trinajstić information content (AvgIpc) is 2.90. The van der Waals surface area contributed by atoms with Gasteiger partial charge in [-0.15, -0.1) is 0 Å². The fourth-order valence-electron chi connectivity index (χ4n) is 5.63. The van der Waals surface area contributed by atoms with E-state index in [0.717, 1.165) is 63.2 Å². The molecule has 1 amide bonds. The second-order valence-electron chi connectivity index (χ2n) is 9.66. The van der Waals surface area contributed by atoms with Crippen molar-refractivity contribution in [3.8, 4) is 0 Å². The molecule has 2 atom stereocenters. The third kappa shape index (κ3) is 5.14. The smallest absolute Gasteiger partial charge is 0.253 e. The Bertz CT molecular complexity index is 935. The van der Waals surface area contributed by atoms with E-state index in [9.17, 15) is 4.79 Å². The third-order valence-corrected chi connectivity index (χ3v) is 7.50. The van der Waals surface area contributed by atoms with Gasteiger partial charge in [-0.25, -0.2) is 0 Å². The molecule has 182 valence electrons. The van der Waals surface area contributed by atoms with Crippen LogP contribution in [0.1, 0.15) is 54.6 Å². The van der Waals surface area contributed by atoms with Gasteiger partial charge in [0, 0.05) is 56.9 Å². The Morgan fingerprint density at radius 2 is 1.71 bits per heavy atom. The van der Waals surface area contributed by atoms with E-state index in [1.54, 1.807) is 0 Å². The van der Waals surface area contributed by atoms with Crippen LogP contribution < -0.4 is 4.90 Å². The Kier molecular flexibility index (Phi) is 7.18. The van der Waals surface area contributed by atoms with E-state index >= 15 is 0 Å². The summed E-state index contributed by atoms with van der Waals surface area (Å²) < 4.78 is 18.3. The second kappa shape index (κ2) is 10.5. The molecular formula is C28H36N2O4. The molecule has 3 aliphatic heterocycles. The number of anilines is 1. The lowest BCUT2D eigenvalue weighted by molar-refractivity contribution is -0.190. The van der Waals surface area contributed by atoms with Crippen molar-refractivity contribution in [2.75, 3.05) is 50.9 Å². The Morgan fingerprint density at radius 3 is 2.38 bits per heavy atom. The number of hydrogen-bond donors (Lipinski definition) is 0. The lowest BCUT2D eigenvalue weighted by Crippen LogP contribution is -2.52. The first-order valence-corrected chi connectivity index (χ1v) is 12.7. The summed E-state index contributed by atoms with van der Waals surface area (Å²) in [7, 11) is 0. The molecule has 5 rings (SSSR count). The maximum Gasteiger partial charge on any atom is 0.253 e. The Labute approximate surface area is 202 Å². The minimum Gasteiger partial charge on any atom is -0.378 e. The van der Waals surface area contributed by atoms with Crippen LogP contribution in [0.25, 0.3) is 0 Å². The van der Waals surface area contributed by atoms with Crippen molar-refractivity contribution in [2.24, 2.45) is 0 Å². The van der Waals surface area contributed by atoms with Crippen LogP contribution in [-0.2, 0) is 14.2 Å². The van der Waals surface area contributed by atoms with Gasteiger partial charge < -0.3 is 24.0 Å². The summed E-state index contributed by atoms with van der Waals surface area (Å²) in [5.41, 5.74) is 2.90. The van der Waals surface area contributed by atoms with Crippen LogP contribution >= 0.6 is 0 Å². The maximum absolute atomic E-state index is 13.2. The number of carbonyl (C=O) groups excluding carboxylic acids is 1. The molecule has 0 aromatic heterocycles. The molecule has 3 heterocycles. The van der Waals surface area contributed by atoms with Crippen molar-refractivity contribution >= 4 is 11.6 Å². The van der Waals surface area contributed by atoms with Crippen LogP contribution in [0.5, 0.6) is 0 Å². The molecule has 0 bridgehead atoms. The number of morpholine rings is 1. The van der Waals surface area contributed by atoms with Crippen LogP contribution in [-0.4, -0.2) is 68.5 Å². The Balaban J connectivity index is 1.23. The number of rotatable bonds is 5. The molecule has 3 saturated heterocycles. The molecule has 0 N–H and O–H groups in total. The van der Waals surface area contributed by atoms with E-state index in [2.05, 4.69) is 48.2 Å². The van der Waals surface area contributed by atoms with Crippen LogP contribution in [0, 0.1) is 0 Å². The normalized spacial score (nSPS) is 24.9. The van der Waals surface area contributed by atoms with Gasteiger partial charge in [-0.2, -0.15) is 0 Å². The Hall–Kier alpha value is -2.41. The molecule has 0 saturated carbocycles. The summed E-state index contributed by atoms with van der Waals surface area (Å²) in [5.74, 6) is 0.111. The third-order valence-electron chi connectivity index (χ3n) is 7.50. The van der Waals surface area contributed by atoms with Gasteiger partial charge in [-0.05, 0) is 49.6 Å². The number of piperidine rings is 1. The highest BCUT2D eigenvalue weighted by Crippen LogP contribution is 2.44. The van der Waals surface area contributed by atoms with Crippen molar-refractivity contribution in [3.05, 3.63) is 65.7 Å². The van der Waals surface area contributed by atoms with E-state index < -0.39 is 0 Å². The number of hydrogen-bond acceptors (Lipinski definition) is 5. The van der Waals surface area contributed by atoms with Crippen LogP contribution in [0.2, 0.25) is 0 Å². The maximum atomic E-state index is 13.2. The van der Waals surface area contributed by atoms with E-state index in [1.807, 2.05) is 23.1 Å². The number of nitrogens with zero attached hydrogens (tertiary/aromatic N) is 2. The average molecular weight is 465 g/mol. The minimum atomic E-state index is -0.227. The summed E-state index contributed by atoms with van der Waals surface area (Å²) in [4.78, 5) is 17.5. The first-order valence-electron chi connectivity index (χ1n) is 12.7. The molecule has 0 unspecified atom stereocenters. The number of carbonyl (C=O) groups is 1. The molecular weight excluding hydrogens is 428 g/mol. The zero-order valence-corrected chi connectivity index (χ0v) is 20.2. The van der Waals surface area contributed by atoms with Gasteiger partial charge in [-0.3, -0.25) is 4.79 Å². The van der Waals surface area contributed by atoms with Crippen LogP contribution in [0.4, 0.5) is 5.69 Å². The monoisotopic (exact) mass is 464 g/mol. The molecule has 3 fully saturated rings. The fraction of sp³-hybridized carbons (Fsp3) is 0.536. The van der Waals surface area contributed by atoms with Crippen molar-refractivity contribution in [3.63, 3.8) is 0 Å². The van der Waals surface area contributed by atoms with E-state index in [-0.39, 0.29) is 23.7 Å². The molecule has 2 aromatic carbocycles. The van der Waals surface area contributed by atoms with E-state index in [0.29, 0.717) is 19.7 Å².